The molecule has 29 heavy (non-hydrogen) atoms. The number of nitrogens with zero attached hydrogens (tertiary/aromatic N) is 1. The molecular formula is C27H24BN. The molecule has 0 bridgehead atoms. The molecule has 140 valence electrons. The summed E-state index contributed by atoms with van der Waals surface area (Å²) in [4.78, 5) is 2.34. The summed E-state index contributed by atoms with van der Waals surface area (Å²) in [5, 5.41) is 0. The highest BCUT2D eigenvalue weighted by atomic mass is 15.1. The molecule has 5 rings (SSSR count). The predicted octanol–water partition coefficient (Wildman–Crippen LogP) is 5.72. The molecule has 0 aromatic heterocycles. The van der Waals surface area contributed by atoms with Gasteiger partial charge in [-0.25, -0.2) is 0 Å². The van der Waals surface area contributed by atoms with Crippen molar-refractivity contribution in [3.8, 4) is 11.1 Å². The molecule has 0 radical (unpaired) electrons. The van der Waals surface area contributed by atoms with Gasteiger partial charge in [0.25, 0.3) is 0 Å². The topological polar surface area (TPSA) is 3.24 Å². The van der Waals surface area contributed by atoms with E-state index in [1.165, 1.54) is 44.8 Å². The average molecular weight is 373 g/mol. The van der Waals surface area contributed by atoms with Gasteiger partial charge in [-0.2, -0.15) is 0 Å². The van der Waals surface area contributed by atoms with E-state index in [-0.39, 0.29) is 5.41 Å². The van der Waals surface area contributed by atoms with E-state index in [4.69, 9.17) is 0 Å². The van der Waals surface area contributed by atoms with Gasteiger partial charge in [-0.1, -0.05) is 80.0 Å². The predicted molar refractivity (Wildman–Crippen MR) is 127 cm³/mol. The maximum Gasteiger partial charge on any atom is 0.139 e. The van der Waals surface area contributed by atoms with Crippen molar-refractivity contribution < 1.29 is 0 Å². The van der Waals surface area contributed by atoms with E-state index in [1.54, 1.807) is 0 Å². The van der Waals surface area contributed by atoms with Crippen LogP contribution >= 0.6 is 0 Å². The van der Waals surface area contributed by atoms with Gasteiger partial charge in [-0.3, -0.25) is 0 Å². The van der Waals surface area contributed by atoms with Crippen molar-refractivity contribution >= 4 is 30.4 Å². The fourth-order valence-electron chi connectivity index (χ4n) is 4.58. The lowest BCUT2D eigenvalue weighted by Crippen LogP contribution is -2.18. The molecular weight excluding hydrogens is 349 g/mol. The van der Waals surface area contributed by atoms with Crippen LogP contribution in [0.1, 0.15) is 25.0 Å². The molecule has 0 amide bonds. The summed E-state index contributed by atoms with van der Waals surface area (Å²) in [6.45, 7) is 4.69. The molecule has 0 atom stereocenters. The Morgan fingerprint density at radius 3 is 1.69 bits per heavy atom. The average Bonchev–Trinajstić information content (AvgIpc) is 2.96. The molecule has 0 heterocycles. The number of hydrogen-bond donors (Lipinski definition) is 0. The van der Waals surface area contributed by atoms with Crippen LogP contribution in [-0.2, 0) is 5.41 Å². The van der Waals surface area contributed by atoms with E-state index in [1.807, 2.05) is 0 Å². The summed E-state index contributed by atoms with van der Waals surface area (Å²) in [6.07, 6.45) is 0. The minimum atomic E-state index is -0.00819. The van der Waals surface area contributed by atoms with Crippen LogP contribution in [0.2, 0.25) is 0 Å². The third-order valence-electron chi connectivity index (χ3n) is 6.10. The first-order valence-electron chi connectivity index (χ1n) is 10.2. The van der Waals surface area contributed by atoms with E-state index < -0.39 is 0 Å². The van der Waals surface area contributed by atoms with E-state index in [0.29, 0.717) is 0 Å². The van der Waals surface area contributed by atoms with Crippen LogP contribution < -0.4 is 10.4 Å². The first-order chi connectivity index (χ1) is 14.1. The van der Waals surface area contributed by atoms with Crippen molar-refractivity contribution in [3.63, 3.8) is 0 Å². The molecule has 0 unspecified atom stereocenters. The molecule has 0 spiro atoms. The van der Waals surface area contributed by atoms with E-state index in [2.05, 4.69) is 124 Å². The quantitative estimate of drug-likeness (QED) is 0.415. The summed E-state index contributed by atoms with van der Waals surface area (Å²) in [7, 11) is 2.18. The maximum atomic E-state index is 2.38. The fraction of sp³-hybridized carbons (Fsp3) is 0.111. The Labute approximate surface area is 174 Å². The number of anilines is 3. The molecule has 0 fully saturated rings. The lowest BCUT2D eigenvalue weighted by atomic mass is 9.80. The van der Waals surface area contributed by atoms with Gasteiger partial charge in [0.05, 0.1) is 0 Å². The smallest absolute Gasteiger partial charge is 0.139 e. The van der Waals surface area contributed by atoms with Gasteiger partial charge in [0.2, 0.25) is 0 Å². The molecule has 4 aromatic rings. The van der Waals surface area contributed by atoms with Gasteiger partial charge in [0, 0.05) is 22.5 Å². The number of para-hydroxylation sites is 2. The lowest BCUT2D eigenvalue weighted by Gasteiger charge is -2.28. The first-order valence-corrected chi connectivity index (χ1v) is 10.2. The second kappa shape index (κ2) is 6.67. The van der Waals surface area contributed by atoms with Gasteiger partial charge >= 0.3 is 0 Å². The van der Waals surface area contributed by atoms with E-state index >= 15 is 0 Å². The highest BCUT2D eigenvalue weighted by Gasteiger charge is 2.35. The number of rotatable bonds is 3. The second-order valence-electron chi connectivity index (χ2n) is 8.41. The molecule has 2 heteroatoms. The number of fused-ring (bicyclic) bond motifs is 3. The molecule has 0 N–H and O–H groups in total. The van der Waals surface area contributed by atoms with Crippen LogP contribution in [0.5, 0.6) is 0 Å². The normalized spacial score (nSPS) is 13.6. The molecule has 0 aliphatic heterocycles. The third kappa shape index (κ3) is 2.87. The summed E-state index contributed by atoms with van der Waals surface area (Å²) in [5.74, 6) is 0. The minimum absolute atomic E-state index is 0.00819. The van der Waals surface area contributed by atoms with Crippen molar-refractivity contribution in [2.75, 3.05) is 4.90 Å². The van der Waals surface area contributed by atoms with Crippen molar-refractivity contribution in [1.82, 2.24) is 0 Å². The van der Waals surface area contributed by atoms with Gasteiger partial charge in [-0.15, -0.1) is 0 Å². The van der Waals surface area contributed by atoms with Crippen LogP contribution in [0, 0.1) is 0 Å². The van der Waals surface area contributed by atoms with Crippen LogP contribution in [-0.4, -0.2) is 7.85 Å². The zero-order valence-electron chi connectivity index (χ0n) is 17.2. The van der Waals surface area contributed by atoms with Gasteiger partial charge in [0.1, 0.15) is 7.85 Å². The summed E-state index contributed by atoms with van der Waals surface area (Å²) in [5.41, 5.74) is 10.4. The zero-order chi connectivity index (χ0) is 20.0. The molecule has 4 aromatic carbocycles. The van der Waals surface area contributed by atoms with Crippen molar-refractivity contribution in [1.29, 1.82) is 0 Å². The zero-order valence-corrected chi connectivity index (χ0v) is 17.2. The van der Waals surface area contributed by atoms with Gasteiger partial charge in [0.15, 0.2) is 0 Å². The summed E-state index contributed by atoms with van der Waals surface area (Å²) in [6, 6.07) is 35.0. The van der Waals surface area contributed by atoms with Gasteiger partial charge in [-0.05, 0) is 58.7 Å². The Bertz CT molecular complexity index is 1140. The molecule has 1 nitrogen and oxygen atoms in total. The highest BCUT2D eigenvalue weighted by Crippen LogP contribution is 2.50. The number of benzene rings is 4. The van der Waals surface area contributed by atoms with E-state index in [0.717, 1.165) is 0 Å². The SMILES string of the molecule is Bc1ccc2c(c1)C(C)(C)c1cc(N(c3ccccc3)c3ccccc3)ccc1-2. The Balaban J connectivity index is 1.69. The van der Waals surface area contributed by atoms with Crippen molar-refractivity contribution in [2.45, 2.75) is 19.3 Å². The van der Waals surface area contributed by atoms with Gasteiger partial charge < -0.3 is 4.90 Å². The first kappa shape index (κ1) is 17.8. The third-order valence-corrected chi connectivity index (χ3v) is 6.10. The van der Waals surface area contributed by atoms with Crippen LogP contribution in [0.15, 0.2) is 97.1 Å². The highest BCUT2D eigenvalue weighted by molar-refractivity contribution is 6.32. The molecule has 1 aliphatic carbocycles. The van der Waals surface area contributed by atoms with Crippen molar-refractivity contribution in [2.24, 2.45) is 0 Å². The maximum absolute atomic E-state index is 2.38. The largest absolute Gasteiger partial charge is 0.310 e. The molecule has 0 saturated carbocycles. The number of hydrogen-bond acceptors (Lipinski definition) is 1. The van der Waals surface area contributed by atoms with E-state index in [9.17, 15) is 0 Å². The Kier molecular flexibility index (Phi) is 4.10. The van der Waals surface area contributed by atoms with Crippen molar-refractivity contribution in [3.05, 3.63) is 108 Å². The Hall–Kier alpha value is -3.26. The minimum Gasteiger partial charge on any atom is -0.310 e. The monoisotopic (exact) mass is 373 g/mol. The fourth-order valence-corrected chi connectivity index (χ4v) is 4.58. The van der Waals surface area contributed by atoms with Crippen LogP contribution in [0.25, 0.3) is 11.1 Å². The summed E-state index contributed by atoms with van der Waals surface area (Å²) < 4.78 is 0. The Morgan fingerprint density at radius 1 is 0.586 bits per heavy atom. The molecule has 0 saturated heterocycles. The van der Waals surface area contributed by atoms with Crippen LogP contribution in [0.4, 0.5) is 17.1 Å². The summed E-state index contributed by atoms with van der Waals surface area (Å²) >= 11 is 0. The standard InChI is InChI=1S/C27H24BN/c1-27(2)25-17-19(28)13-15-23(25)24-16-14-22(18-26(24)27)29(20-9-5-3-6-10-20)21-11-7-4-8-12-21/h3-18H,28H2,1-2H3. The lowest BCUT2D eigenvalue weighted by molar-refractivity contribution is 0.661. The second-order valence-corrected chi connectivity index (χ2v) is 8.41. The Morgan fingerprint density at radius 2 is 1.10 bits per heavy atom. The molecule has 1 aliphatic rings. The van der Waals surface area contributed by atoms with Crippen LogP contribution in [0.3, 0.4) is 0 Å².